The van der Waals surface area contributed by atoms with Gasteiger partial charge in [0.1, 0.15) is 0 Å². The van der Waals surface area contributed by atoms with Crippen LogP contribution in [0.2, 0.25) is 0 Å². The number of hydrogen-bond acceptors (Lipinski definition) is 3. The van der Waals surface area contributed by atoms with Gasteiger partial charge in [-0.1, -0.05) is 17.7 Å². The molecule has 0 bridgehead atoms. The zero-order chi connectivity index (χ0) is 14.5. The molecule has 2 N–H and O–H groups in total. The molecule has 1 aromatic rings. The minimum absolute atomic E-state index is 0.0251. The summed E-state index contributed by atoms with van der Waals surface area (Å²) in [6.45, 7) is 4.64. The molecule has 1 atom stereocenters. The SMILES string of the molecule is Cc1ccc(C)c(SCC(=O)NC2CCC(=O)NC2)c1. The van der Waals surface area contributed by atoms with E-state index in [4.69, 9.17) is 0 Å². The Morgan fingerprint density at radius 2 is 2.25 bits per heavy atom. The van der Waals surface area contributed by atoms with Crippen LogP contribution in [0, 0.1) is 13.8 Å². The molecule has 20 heavy (non-hydrogen) atoms. The molecule has 0 radical (unpaired) electrons. The van der Waals surface area contributed by atoms with Crippen molar-refractivity contribution in [2.75, 3.05) is 12.3 Å². The molecule has 1 aliphatic rings. The molecule has 2 rings (SSSR count). The maximum Gasteiger partial charge on any atom is 0.230 e. The number of thioether (sulfide) groups is 1. The minimum Gasteiger partial charge on any atom is -0.354 e. The van der Waals surface area contributed by atoms with E-state index in [1.165, 1.54) is 11.1 Å². The van der Waals surface area contributed by atoms with Crippen LogP contribution in [-0.4, -0.2) is 30.2 Å². The molecule has 1 aliphatic heterocycles. The normalized spacial score (nSPS) is 18.5. The van der Waals surface area contributed by atoms with Gasteiger partial charge >= 0.3 is 0 Å². The van der Waals surface area contributed by atoms with Crippen molar-refractivity contribution in [2.45, 2.75) is 37.6 Å². The quantitative estimate of drug-likeness (QED) is 0.832. The Balaban J connectivity index is 1.80. The number of benzene rings is 1. The van der Waals surface area contributed by atoms with E-state index in [-0.39, 0.29) is 17.9 Å². The van der Waals surface area contributed by atoms with Crippen molar-refractivity contribution in [3.63, 3.8) is 0 Å². The molecule has 1 fully saturated rings. The lowest BCUT2D eigenvalue weighted by Crippen LogP contribution is -2.48. The van der Waals surface area contributed by atoms with Gasteiger partial charge in [0.15, 0.2) is 0 Å². The highest BCUT2D eigenvalue weighted by Gasteiger charge is 2.19. The fourth-order valence-electron chi connectivity index (χ4n) is 2.13. The third kappa shape index (κ3) is 4.27. The van der Waals surface area contributed by atoms with E-state index in [1.54, 1.807) is 11.8 Å². The van der Waals surface area contributed by atoms with E-state index < -0.39 is 0 Å². The lowest BCUT2D eigenvalue weighted by Gasteiger charge is -2.23. The highest BCUT2D eigenvalue weighted by Crippen LogP contribution is 2.23. The molecule has 1 heterocycles. The lowest BCUT2D eigenvalue weighted by atomic mass is 10.1. The van der Waals surface area contributed by atoms with Gasteiger partial charge in [0.25, 0.3) is 0 Å². The molecular weight excluding hydrogens is 272 g/mol. The molecule has 1 aromatic carbocycles. The first-order valence-electron chi connectivity index (χ1n) is 6.80. The summed E-state index contributed by atoms with van der Waals surface area (Å²) in [5.74, 6) is 0.506. The third-order valence-corrected chi connectivity index (χ3v) is 4.49. The Kier molecular flexibility index (Phi) is 5.06. The van der Waals surface area contributed by atoms with Crippen LogP contribution in [0.5, 0.6) is 0 Å². The molecule has 1 unspecified atom stereocenters. The van der Waals surface area contributed by atoms with Crippen molar-refractivity contribution in [3.05, 3.63) is 29.3 Å². The van der Waals surface area contributed by atoms with Crippen molar-refractivity contribution in [2.24, 2.45) is 0 Å². The predicted octanol–water partition coefficient (Wildman–Crippen LogP) is 1.79. The van der Waals surface area contributed by atoms with Gasteiger partial charge in [-0.25, -0.2) is 0 Å². The molecule has 4 nitrogen and oxygen atoms in total. The molecule has 5 heteroatoms. The highest BCUT2D eigenvalue weighted by molar-refractivity contribution is 8.00. The summed E-state index contributed by atoms with van der Waals surface area (Å²) in [5.41, 5.74) is 2.40. The Morgan fingerprint density at radius 1 is 1.45 bits per heavy atom. The van der Waals surface area contributed by atoms with Crippen LogP contribution in [0.25, 0.3) is 0 Å². The van der Waals surface area contributed by atoms with Crippen LogP contribution >= 0.6 is 11.8 Å². The summed E-state index contributed by atoms with van der Waals surface area (Å²) in [4.78, 5) is 24.1. The number of hydrogen-bond donors (Lipinski definition) is 2. The van der Waals surface area contributed by atoms with Crippen LogP contribution in [0.4, 0.5) is 0 Å². The standard InChI is InChI=1S/C15H20N2O2S/c1-10-3-4-11(2)13(7-10)20-9-15(19)17-12-5-6-14(18)16-8-12/h3-4,7,12H,5-6,8-9H2,1-2H3,(H,16,18)(H,17,19). The van der Waals surface area contributed by atoms with E-state index >= 15 is 0 Å². The van der Waals surface area contributed by atoms with Crippen LogP contribution < -0.4 is 10.6 Å². The second kappa shape index (κ2) is 6.79. The summed E-state index contributed by atoms with van der Waals surface area (Å²) in [7, 11) is 0. The summed E-state index contributed by atoms with van der Waals surface area (Å²) in [6.07, 6.45) is 1.22. The fraction of sp³-hybridized carbons (Fsp3) is 0.467. The van der Waals surface area contributed by atoms with E-state index in [1.807, 2.05) is 6.92 Å². The molecule has 0 aromatic heterocycles. The predicted molar refractivity (Wildman–Crippen MR) is 80.8 cm³/mol. The lowest BCUT2D eigenvalue weighted by molar-refractivity contribution is -0.124. The molecule has 0 aliphatic carbocycles. The Hall–Kier alpha value is -1.49. The number of carbonyl (C=O) groups is 2. The number of nitrogens with one attached hydrogen (secondary N) is 2. The molecule has 1 saturated heterocycles. The van der Waals surface area contributed by atoms with Gasteiger partial charge in [-0.15, -0.1) is 11.8 Å². The van der Waals surface area contributed by atoms with Crippen molar-refractivity contribution in [1.29, 1.82) is 0 Å². The monoisotopic (exact) mass is 292 g/mol. The molecule has 108 valence electrons. The van der Waals surface area contributed by atoms with Gasteiger partial charge in [0.05, 0.1) is 5.75 Å². The van der Waals surface area contributed by atoms with E-state index in [0.29, 0.717) is 18.7 Å². The number of amides is 2. The van der Waals surface area contributed by atoms with Crippen molar-refractivity contribution in [1.82, 2.24) is 10.6 Å². The Bertz CT molecular complexity index is 507. The highest BCUT2D eigenvalue weighted by atomic mass is 32.2. The van der Waals surface area contributed by atoms with Gasteiger partial charge < -0.3 is 10.6 Å². The summed E-state index contributed by atoms with van der Waals surface area (Å²) in [5, 5.41) is 5.74. The second-order valence-corrected chi connectivity index (χ2v) is 6.18. The maximum absolute atomic E-state index is 11.9. The Labute approximate surface area is 123 Å². The van der Waals surface area contributed by atoms with Crippen molar-refractivity contribution >= 4 is 23.6 Å². The minimum atomic E-state index is 0.0251. The zero-order valence-corrected chi connectivity index (χ0v) is 12.7. The molecule has 0 saturated carbocycles. The average Bonchev–Trinajstić information content (AvgIpc) is 2.42. The Morgan fingerprint density at radius 3 is 2.95 bits per heavy atom. The topological polar surface area (TPSA) is 58.2 Å². The van der Waals surface area contributed by atoms with Gasteiger partial charge in [0.2, 0.25) is 11.8 Å². The average molecular weight is 292 g/mol. The summed E-state index contributed by atoms with van der Waals surface area (Å²) >= 11 is 1.56. The largest absolute Gasteiger partial charge is 0.354 e. The summed E-state index contributed by atoms with van der Waals surface area (Å²) < 4.78 is 0. The van der Waals surface area contributed by atoms with Gasteiger partial charge in [0, 0.05) is 23.9 Å². The maximum atomic E-state index is 11.9. The number of aryl methyl sites for hydroxylation is 2. The van der Waals surface area contributed by atoms with Gasteiger partial charge in [-0.2, -0.15) is 0 Å². The van der Waals surface area contributed by atoms with Crippen LogP contribution in [-0.2, 0) is 9.59 Å². The first kappa shape index (κ1) is 14.9. The number of rotatable bonds is 4. The van der Waals surface area contributed by atoms with Crippen LogP contribution in [0.3, 0.4) is 0 Å². The smallest absolute Gasteiger partial charge is 0.230 e. The first-order valence-corrected chi connectivity index (χ1v) is 7.79. The number of piperidine rings is 1. The fourth-order valence-corrected chi connectivity index (χ4v) is 3.07. The van der Waals surface area contributed by atoms with Crippen LogP contribution in [0.1, 0.15) is 24.0 Å². The van der Waals surface area contributed by atoms with E-state index in [0.717, 1.165) is 11.3 Å². The third-order valence-electron chi connectivity index (χ3n) is 3.33. The second-order valence-electron chi connectivity index (χ2n) is 5.16. The summed E-state index contributed by atoms with van der Waals surface area (Å²) in [6, 6.07) is 6.32. The molecule has 2 amide bonds. The van der Waals surface area contributed by atoms with Gasteiger partial charge in [-0.05, 0) is 31.9 Å². The molecule has 0 spiro atoms. The van der Waals surface area contributed by atoms with Crippen LogP contribution in [0.15, 0.2) is 23.1 Å². The van der Waals surface area contributed by atoms with E-state index in [9.17, 15) is 9.59 Å². The van der Waals surface area contributed by atoms with Crippen molar-refractivity contribution in [3.8, 4) is 0 Å². The first-order chi connectivity index (χ1) is 9.54. The van der Waals surface area contributed by atoms with Gasteiger partial charge in [-0.3, -0.25) is 9.59 Å². The zero-order valence-electron chi connectivity index (χ0n) is 11.9. The van der Waals surface area contributed by atoms with E-state index in [2.05, 4.69) is 35.8 Å². The molecular formula is C15H20N2O2S. The van der Waals surface area contributed by atoms with Crippen molar-refractivity contribution < 1.29 is 9.59 Å². The number of carbonyl (C=O) groups excluding carboxylic acids is 2.